The quantitative estimate of drug-likeness (QED) is 0.718. The number of ketones is 1. The number of nitrogens with zero attached hydrogens (tertiary/aromatic N) is 2. The number of thioether (sulfide) groups is 1. The van der Waals surface area contributed by atoms with Gasteiger partial charge in [-0.25, -0.2) is 0 Å². The minimum absolute atomic E-state index is 0.160. The smallest absolute Gasteiger partial charge is 0.191 e. The van der Waals surface area contributed by atoms with E-state index < -0.39 is 0 Å². The topological polar surface area (TPSA) is 34.9 Å². The summed E-state index contributed by atoms with van der Waals surface area (Å²) in [5, 5.41) is 4.74. The monoisotopic (exact) mass is 318 g/mol. The third kappa shape index (κ3) is 4.14. The van der Waals surface area contributed by atoms with Crippen LogP contribution in [-0.2, 0) is 6.54 Å². The number of halogens is 1. The number of hydrogen-bond acceptors (Lipinski definition) is 3. The molecule has 0 bridgehead atoms. The Morgan fingerprint density at radius 1 is 1.59 bits per heavy atom. The summed E-state index contributed by atoms with van der Waals surface area (Å²) in [7, 11) is 0. The summed E-state index contributed by atoms with van der Waals surface area (Å²) in [6.45, 7) is 7.16. The maximum atomic E-state index is 12.1. The Balaban J connectivity index is 2.70. The van der Waals surface area contributed by atoms with E-state index in [1.807, 2.05) is 0 Å². The standard InChI is InChI=1S/C12H19BrN2OS/c1-4-6-15-12(10(13)7-14-15)11(16)8-17-9(3)5-2/h7,9H,4-6,8H2,1-3H3. The highest BCUT2D eigenvalue weighted by Crippen LogP contribution is 2.21. The van der Waals surface area contributed by atoms with Crippen molar-refractivity contribution in [2.45, 2.75) is 45.4 Å². The molecular weight excluding hydrogens is 300 g/mol. The van der Waals surface area contributed by atoms with Crippen LogP contribution in [-0.4, -0.2) is 26.6 Å². The van der Waals surface area contributed by atoms with Gasteiger partial charge in [-0.2, -0.15) is 16.9 Å². The lowest BCUT2D eigenvalue weighted by Gasteiger charge is -2.09. The summed E-state index contributed by atoms with van der Waals surface area (Å²) < 4.78 is 2.60. The van der Waals surface area contributed by atoms with Crippen LogP contribution >= 0.6 is 27.7 Å². The molecule has 1 aromatic heterocycles. The van der Waals surface area contributed by atoms with Gasteiger partial charge in [0.25, 0.3) is 0 Å². The van der Waals surface area contributed by atoms with E-state index in [0.717, 1.165) is 23.9 Å². The van der Waals surface area contributed by atoms with E-state index >= 15 is 0 Å². The zero-order chi connectivity index (χ0) is 12.8. The van der Waals surface area contributed by atoms with Gasteiger partial charge in [-0.15, -0.1) is 0 Å². The molecule has 1 unspecified atom stereocenters. The van der Waals surface area contributed by atoms with Gasteiger partial charge in [-0.05, 0) is 28.8 Å². The first-order valence-electron chi connectivity index (χ1n) is 5.96. The molecule has 0 spiro atoms. The molecule has 1 rings (SSSR count). The van der Waals surface area contributed by atoms with Crippen LogP contribution in [0.3, 0.4) is 0 Å². The molecule has 0 radical (unpaired) electrons. The lowest BCUT2D eigenvalue weighted by molar-refractivity contribution is 0.101. The maximum Gasteiger partial charge on any atom is 0.191 e. The molecule has 96 valence electrons. The Bertz CT molecular complexity index is 379. The van der Waals surface area contributed by atoms with Gasteiger partial charge in [0.1, 0.15) is 5.69 Å². The second kappa shape index (κ2) is 7.21. The van der Waals surface area contributed by atoms with E-state index in [1.165, 1.54) is 0 Å². The van der Waals surface area contributed by atoms with Crippen molar-refractivity contribution in [1.29, 1.82) is 0 Å². The molecule has 17 heavy (non-hydrogen) atoms. The molecular formula is C12H19BrN2OS. The fourth-order valence-corrected chi connectivity index (χ4v) is 2.75. The van der Waals surface area contributed by atoms with Crippen molar-refractivity contribution < 1.29 is 4.79 Å². The minimum Gasteiger partial charge on any atom is -0.291 e. The van der Waals surface area contributed by atoms with E-state index in [2.05, 4.69) is 41.8 Å². The third-order valence-electron chi connectivity index (χ3n) is 2.57. The van der Waals surface area contributed by atoms with Crippen LogP contribution in [0, 0.1) is 0 Å². The first-order chi connectivity index (χ1) is 8.10. The number of hydrogen-bond donors (Lipinski definition) is 0. The molecule has 1 aromatic rings. The van der Waals surface area contributed by atoms with Gasteiger partial charge >= 0.3 is 0 Å². The van der Waals surface area contributed by atoms with Crippen molar-refractivity contribution in [2.75, 3.05) is 5.75 Å². The Morgan fingerprint density at radius 2 is 2.29 bits per heavy atom. The number of aryl methyl sites for hydroxylation is 1. The van der Waals surface area contributed by atoms with Crippen LogP contribution in [0.25, 0.3) is 0 Å². The molecule has 1 heterocycles. The summed E-state index contributed by atoms with van der Waals surface area (Å²) >= 11 is 5.11. The summed E-state index contributed by atoms with van der Waals surface area (Å²) in [5.74, 6) is 0.691. The number of aromatic nitrogens is 2. The predicted molar refractivity (Wildman–Crippen MR) is 76.8 cm³/mol. The van der Waals surface area contributed by atoms with Crippen molar-refractivity contribution >= 4 is 33.5 Å². The Morgan fingerprint density at radius 3 is 2.88 bits per heavy atom. The molecule has 0 saturated carbocycles. The van der Waals surface area contributed by atoms with Crippen LogP contribution in [0.1, 0.15) is 44.1 Å². The van der Waals surface area contributed by atoms with Crippen LogP contribution in [0.4, 0.5) is 0 Å². The molecule has 3 nitrogen and oxygen atoms in total. The SMILES string of the molecule is CCCn1ncc(Br)c1C(=O)CSC(C)CC. The van der Waals surface area contributed by atoms with E-state index in [1.54, 1.807) is 22.6 Å². The normalized spacial score (nSPS) is 12.7. The summed E-state index contributed by atoms with van der Waals surface area (Å²) in [6.07, 6.45) is 3.77. The van der Waals surface area contributed by atoms with Gasteiger partial charge in [-0.3, -0.25) is 9.48 Å². The van der Waals surface area contributed by atoms with Gasteiger partial charge in [0.05, 0.1) is 16.4 Å². The highest BCUT2D eigenvalue weighted by molar-refractivity contribution is 9.10. The zero-order valence-electron chi connectivity index (χ0n) is 10.6. The summed E-state index contributed by atoms with van der Waals surface area (Å²) in [5.41, 5.74) is 0.711. The largest absolute Gasteiger partial charge is 0.291 e. The Hall–Kier alpha value is -0.290. The van der Waals surface area contributed by atoms with Crippen LogP contribution in [0.5, 0.6) is 0 Å². The maximum absolute atomic E-state index is 12.1. The molecule has 0 amide bonds. The van der Waals surface area contributed by atoms with Gasteiger partial charge < -0.3 is 0 Å². The van der Waals surface area contributed by atoms with Gasteiger partial charge in [0.2, 0.25) is 0 Å². The van der Waals surface area contributed by atoms with Crippen molar-refractivity contribution in [3.63, 3.8) is 0 Å². The average molecular weight is 319 g/mol. The lowest BCUT2D eigenvalue weighted by Crippen LogP contribution is -2.14. The fourth-order valence-electron chi connectivity index (χ4n) is 1.43. The highest BCUT2D eigenvalue weighted by Gasteiger charge is 2.17. The molecule has 0 aromatic carbocycles. The number of carbonyl (C=O) groups is 1. The van der Waals surface area contributed by atoms with E-state index in [4.69, 9.17) is 0 Å². The summed E-state index contributed by atoms with van der Waals surface area (Å²) in [6, 6.07) is 0. The lowest BCUT2D eigenvalue weighted by atomic mass is 10.3. The Labute approximate surface area is 115 Å². The zero-order valence-corrected chi connectivity index (χ0v) is 13.0. The van der Waals surface area contributed by atoms with Crippen LogP contribution < -0.4 is 0 Å². The average Bonchev–Trinajstić information content (AvgIpc) is 2.67. The highest BCUT2D eigenvalue weighted by atomic mass is 79.9. The summed E-state index contributed by atoms with van der Waals surface area (Å²) in [4.78, 5) is 12.1. The molecule has 5 heteroatoms. The number of carbonyl (C=O) groups excluding carboxylic acids is 1. The molecule has 0 aliphatic carbocycles. The molecule has 0 aliphatic rings. The van der Waals surface area contributed by atoms with E-state index in [9.17, 15) is 4.79 Å². The van der Waals surface area contributed by atoms with Crippen molar-refractivity contribution in [1.82, 2.24) is 9.78 Å². The second-order valence-corrected chi connectivity index (χ2v) is 6.30. The molecule has 0 N–H and O–H groups in total. The minimum atomic E-state index is 0.160. The first kappa shape index (κ1) is 14.8. The van der Waals surface area contributed by atoms with Crippen molar-refractivity contribution in [3.8, 4) is 0 Å². The fraction of sp³-hybridized carbons (Fsp3) is 0.667. The van der Waals surface area contributed by atoms with Crippen molar-refractivity contribution in [2.24, 2.45) is 0 Å². The second-order valence-electron chi connectivity index (χ2n) is 4.02. The van der Waals surface area contributed by atoms with Gasteiger partial charge in [0, 0.05) is 11.8 Å². The van der Waals surface area contributed by atoms with Gasteiger partial charge in [-0.1, -0.05) is 20.8 Å². The molecule has 1 atom stereocenters. The molecule has 0 aliphatic heterocycles. The van der Waals surface area contributed by atoms with Crippen LogP contribution in [0.15, 0.2) is 10.7 Å². The van der Waals surface area contributed by atoms with E-state index in [0.29, 0.717) is 16.7 Å². The molecule has 0 saturated heterocycles. The van der Waals surface area contributed by atoms with E-state index in [-0.39, 0.29) is 5.78 Å². The number of rotatable bonds is 7. The van der Waals surface area contributed by atoms with Crippen molar-refractivity contribution in [3.05, 3.63) is 16.4 Å². The third-order valence-corrected chi connectivity index (χ3v) is 4.48. The first-order valence-corrected chi connectivity index (χ1v) is 7.80. The predicted octanol–water partition coefficient (Wildman–Crippen LogP) is 3.77. The Kier molecular flexibility index (Phi) is 6.27. The number of Topliss-reactive ketones (excluding diaryl/α,β-unsaturated/α-hetero) is 1. The molecule has 0 fully saturated rings. The van der Waals surface area contributed by atoms with Gasteiger partial charge in [0.15, 0.2) is 5.78 Å². The van der Waals surface area contributed by atoms with Crippen LogP contribution in [0.2, 0.25) is 0 Å².